The lowest BCUT2D eigenvalue weighted by Crippen LogP contribution is -2.69. The third-order valence-electron chi connectivity index (χ3n) is 5.54. The fourth-order valence-electron chi connectivity index (χ4n) is 4.30. The summed E-state index contributed by atoms with van der Waals surface area (Å²) in [5.41, 5.74) is 1.07. The van der Waals surface area contributed by atoms with Gasteiger partial charge in [-0.25, -0.2) is 4.79 Å². The molecule has 2 amide bonds. The van der Waals surface area contributed by atoms with E-state index in [1.54, 1.807) is 15.6 Å². The molecule has 1 unspecified atom stereocenters. The number of amides is 2. The molecule has 29 heavy (non-hydrogen) atoms. The third kappa shape index (κ3) is 3.04. The highest BCUT2D eigenvalue weighted by molar-refractivity contribution is 6.29. The van der Waals surface area contributed by atoms with E-state index in [1.165, 1.54) is 0 Å². The van der Waals surface area contributed by atoms with E-state index in [4.69, 9.17) is 16.3 Å². The highest BCUT2D eigenvalue weighted by Crippen LogP contribution is 2.33. The van der Waals surface area contributed by atoms with Crippen LogP contribution in [0.4, 0.5) is 4.79 Å². The van der Waals surface area contributed by atoms with Gasteiger partial charge in [-0.15, -0.1) is 0 Å². The molecule has 2 aliphatic heterocycles. The largest absolute Gasteiger partial charge is 0.444 e. The Morgan fingerprint density at radius 1 is 1.34 bits per heavy atom. The predicted molar refractivity (Wildman–Crippen MR) is 107 cm³/mol. The SMILES string of the molecule is CC(C)c1cc(Cl)nn2cc3[n+](c12)C1(C)CN(C(=O)OC(C)(C)C)CCN1C3=O. The number of imidazole rings is 1. The van der Waals surface area contributed by atoms with Crippen LogP contribution in [0.3, 0.4) is 0 Å². The molecule has 0 spiro atoms. The summed E-state index contributed by atoms with van der Waals surface area (Å²) in [4.78, 5) is 29.4. The Kier molecular flexibility index (Phi) is 4.35. The van der Waals surface area contributed by atoms with Crippen molar-refractivity contribution < 1.29 is 18.9 Å². The summed E-state index contributed by atoms with van der Waals surface area (Å²) in [5.74, 6) is 0.121. The minimum absolute atomic E-state index is 0.0623. The molecule has 156 valence electrons. The van der Waals surface area contributed by atoms with Crippen LogP contribution in [-0.4, -0.2) is 56.6 Å². The van der Waals surface area contributed by atoms with Crippen molar-refractivity contribution in [3.63, 3.8) is 0 Å². The first kappa shape index (κ1) is 19.9. The second-order valence-corrected chi connectivity index (χ2v) is 9.66. The number of carbonyl (C=O) groups is 2. The van der Waals surface area contributed by atoms with Gasteiger partial charge < -0.3 is 4.74 Å². The van der Waals surface area contributed by atoms with Gasteiger partial charge in [0.15, 0.2) is 11.3 Å². The Morgan fingerprint density at radius 2 is 2.03 bits per heavy atom. The van der Waals surface area contributed by atoms with Crippen LogP contribution >= 0.6 is 11.6 Å². The van der Waals surface area contributed by atoms with Crippen molar-refractivity contribution in [2.75, 3.05) is 19.6 Å². The van der Waals surface area contributed by atoms with Gasteiger partial charge in [-0.05, 0) is 32.8 Å². The Bertz CT molecular complexity index is 1030. The molecule has 4 heterocycles. The minimum atomic E-state index is -0.727. The number of fused-ring (bicyclic) bond motifs is 5. The smallest absolute Gasteiger partial charge is 0.410 e. The molecule has 0 aromatic carbocycles. The predicted octanol–water partition coefficient (Wildman–Crippen LogP) is 2.78. The maximum Gasteiger partial charge on any atom is 0.410 e. The standard InChI is InChI=1S/C20H27ClN5O3/c1-12(2)13-9-15(21)22-25-10-14-17(27)24-8-7-23(18(28)29-19(3,4)5)11-20(24,6)26(14)16(13)25/h9-10,12H,7-8,11H2,1-6H3/q+1. The number of ether oxygens (including phenoxy) is 1. The first-order chi connectivity index (χ1) is 13.4. The second-order valence-electron chi connectivity index (χ2n) is 9.27. The second kappa shape index (κ2) is 6.32. The number of hydrogen-bond acceptors (Lipinski definition) is 4. The van der Waals surface area contributed by atoms with Crippen molar-refractivity contribution in [1.29, 1.82) is 0 Å². The van der Waals surface area contributed by atoms with Crippen LogP contribution in [-0.2, 0) is 10.4 Å². The van der Waals surface area contributed by atoms with Crippen molar-refractivity contribution in [2.45, 2.75) is 58.7 Å². The third-order valence-corrected chi connectivity index (χ3v) is 5.72. The monoisotopic (exact) mass is 420 g/mol. The number of rotatable bonds is 1. The van der Waals surface area contributed by atoms with Gasteiger partial charge in [-0.2, -0.15) is 4.57 Å². The first-order valence-corrected chi connectivity index (χ1v) is 10.2. The Hall–Kier alpha value is -2.35. The van der Waals surface area contributed by atoms with Crippen molar-refractivity contribution in [3.05, 3.63) is 28.7 Å². The molecule has 9 heteroatoms. The fourth-order valence-corrected chi connectivity index (χ4v) is 4.50. The maximum absolute atomic E-state index is 13.2. The zero-order chi connectivity index (χ0) is 21.3. The van der Waals surface area contributed by atoms with Crippen molar-refractivity contribution in [3.8, 4) is 0 Å². The molecule has 2 aliphatic rings. The lowest BCUT2D eigenvalue weighted by Gasteiger charge is -2.42. The average molecular weight is 421 g/mol. The molecule has 0 radical (unpaired) electrons. The zero-order valence-electron chi connectivity index (χ0n) is 17.7. The maximum atomic E-state index is 13.2. The quantitative estimate of drug-likeness (QED) is 0.665. The Labute approximate surface area is 175 Å². The van der Waals surface area contributed by atoms with E-state index in [2.05, 4.69) is 18.9 Å². The average Bonchev–Trinajstić information content (AvgIpc) is 3.06. The van der Waals surface area contributed by atoms with Crippen LogP contribution in [0.25, 0.3) is 5.65 Å². The van der Waals surface area contributed by atoms with Crippen molar-refractivity contribution >= 4 is 29.2 Å². The fraction of sp³-hybridized carbons (Fsp3) is 0.600. The van der Waals surface area contributed by atoms with Crippen LogP contribution in [0.2, 0.25) is 5.15 Å². The molecule has 2 aromatic heterocycles. The van der Waals surface area contributed by atoms with E-state index in [1.807, 2.05) is 43.2 Å². The number of nitrogens with zero attached hydrogens (tertiary/aromatic N) is 5. The number of carbonyl (C=O) groups excluding carboxylic acids is 2. The zero-order valence-corrected chi connectivity index (χ0v) is 18.4. The Balaban J connectivity index is 1.83. The number of halogens is 1. The summed E-state index contributed by atoms with van der Waals surface area (Å²) < 4.78 is 9.26. The molecular formula is C20H27ClN5O3+. The number of piperazine rings is 1. The lowest BCUT2D eigenvalue weighted by atomic mass is 10.0. The molecular weight excluding hydrogens is 394 g/mol. The van der Waals surface area contributed by atoms with Crippen LogP contribution in [0.1, 0.15) is 63.5 Å². The van der Waals surface area contributed by atoms with Gasteiger partial charge in [-0.1, -0.05) is 35.1 Å². The summed E-state index contributed by atoms with van der Waals surface area (Å²) in [7, 11) is 0. The summed E-state index contributed by atoms with van der Waals surface area (Å²) in [5, 5.41) is 4.75. The van der Waals surface area contributed by atoms with Gasteiger partial charge in [-0.3, -0.25) is 14.6 Å². The molecule has 0 bridgehead atoms. The van der Waals surface area contributed by atoms with Crippen molar-refractivity contribution in [1.82, 2.24) is 19.4 Å². The lowest BCUT2D eigenvalue weighted by molar-refractivity contribution is -0.749. The van der Waals surface area contributed by atoms with Gasteiger partial charge in [0.25, 0.3) is 0 Å². The highest BCUT2D eigenvalue weighted by atomic mass is 35.5. The summed E-state index contributed by atoms with van der Waals surface area (Å²) in [6.07, 6.45) is 1.37. The normalized spacial score (nSPS) is 21.7. The van der Waals surface area contributed by atoms with Crippen LogP contribution in [0.5, 0.6) is 0 Å². The van der Waals surface area contributed by atoms with E-state index >= 15 is 0 Å². The molecule has 4 rings (SSSR count). The molecule has 0 N–H and O–H groups in total. The van der Waals surface area contributed by atoms with Gasteiger partial charge in [0, 0.05) is 25.6 Å². The van der Waals surface area contributed by atoms with Crippen molar-refractivity contribution in [2.24, 2.45) is 0 Å². The van der Waals surface area contributed by atoms with Gasteiger partial charge in [0.2, 0.25) is 11.4 Å². The van der Waals surface area contributed by atoms with Gasteiger partial charge >= 0.3 is 17.6 Å². The molecule has 0 aliphatic carbocycles. The van der Waals surface area contributed by atoms with Crippen LogP contribution in [0, 0.1) is 0 Å². The van der Waals surface area contributed by atoms with E-state index in [-0.39, 0.29) is 17.9 Å². The summed E-state index contributed by atoms with van der Waals surface area (Å²) >= 11 is 6.22. The minimum Gasteiger partial charge on any atom is -0.444 e. The van der Waals surface area contributed by atoms with E-state index in [0.29, 0.717) is 30.5 Å². The topological polar surface area (TPSA) is 71.0 Å². The van der Waals surface area contributed by atoms with Crippen LogP contribution in [0.15, 0.2) is 12.3 Å². The molecule has 1 fully saturated rings. The molecule has 2 aromatic rings. The van der Waals surface area contributed by atoms with Gasteiger partial charge in [0.05, 0.1) is 6.54 Å². The Morgan fingerprint density at radius 3 is 2.66 bits per heavy atom. The molecule has 8 nitrogen and oxygen atoms in total. The number of aromatic nitrogens is 3. The van der Waals surface area contributed by atoms with E-state index in [0.717, 1.165) is 11.2 Å². The molecule has 1 saturated heterocycles. The number of hydrogen-bond donors (Lipinski definition) is 0. The van der Waals surface area contributed by atoms with E-state index in [9.17, 15) is 9.59 Å². The summed E-state index contributed by atoms with van der Waals surface area (Å²) in [6, 6.07) is 1.85. The molecule has 1 atom stereocenters. The highest BCUT2D eigenvalue weighted by Gasteiger charge is 2.57. The van der Waals surface area contributed by atoms with E-state index < -0.39 is 11.3 Å². The first-order valence-electron chi connectivity index (χ1n) is 9.86. The van der Waals surface area contributed by atoms with Gasteiger partial charge in [0.1, 0.15) is 5.60 Å². The van der Waals surface area contributed by atoms with Crippen LogP contribution < -0.4 is 4.57 Å². The molecule has 0 saturated carbocycles. The summed E-state index contributed by atoms with van der Waals surface area (Å²) in [6.45, 7) is 12.9.